The summed E-state index contributed by atoms with van der Waals surface area (Å²) in [6, 6.07) is 6.43. The van der Waals surface area contributed by atoms with Crippen LogP contribution in [-0.4, -0.2) is 24.2 Å². The molecular weight excluding hydrogens is 352 g/mol. The molecule has 0 unspecified atom stereocenters. The summed E-state index contributed by atoms with van der Waals surface area (Å²) in [5.74, 6) is -0.580. The van der Waals surface area contributed by atoms with E-state index in [1.807, 2.05) is 0 Å². The molecule has 28 heavy (non-hydrogen) atoms. The molecule has 0 aliphatic rings. The zero-order valence-electron chi connectivity index (χ0n) is 17.2. The molecule has 154 valence electrons. The van der Waals surface area contributed by atoms with Crippen molar-refractivity contribution in [2.45, 2.75) is 78.1 Å². The minimum Gasteiger partial charge on any atom is -0.267 e. The van der Waals surface area contributed by atoms with E-state index in [1.54, 1.807) is 36.7 Å². The number of benzene rings is 1. The lowest BCUT2D eigenvalue weighted by atomic mass is 10.1. The molecule has 6 heteroatoms. The highest BCUT2D eigenvalue weighted by Crippen LogP contribution is 2.05. The summed E-state index contributed by atoms with van der Waals surface area (Å²) in [5, 5.41) is 7.91. The van der Waals surface area contributed by atoms with Crippen LogP contribution in [0.25, 0.3) is 0 Å². The van der Waals surface area contributed by atoms with Crippen LogP contribution in [0.1, 0.15) is 98.8 Å². The first kappa shape index (κ1) is 23.5. The van der Waals surface area contributed by atoms with Gasteiger partial charge in [0.1, 0.15) is 0 Å². The molecule has 0 radical (unpaired) electrons. The number of unbranched alkanes of at least 4 members (excludes halogenated alkanes) is 8. The molecule has 0 heterocycles. The summed E-state index contributed by atoms with van der Waals surface area (Å²) >= 11 is 0. The zero-order chi connectivity index (χ0) is 20.5. The van der Waals surface area contributed by atoms with Crippen LogP contribution in [0.2, 0.25) is 0 Å². The molecule has 1 aromatic rings. The van der Waals surface area contributed by atoms with Gasteiger partial charge in [0.15, 0.2) is 0 Å². The maximum absolute atomic E-state index is 12.0. The lowest BCUT2D eigenvalue weighted by Crippen LogP contribution is -2.19. The molecule has 0 bridgehead atoms. The van der Waals surface area contributed by atoms with Crippen molar-refractivity contribution in [2.24, 2.45) is 10.2 Å². The minimum atomic E-state index is -0.290. The van der Waals surface area contributed by atoms with E-state index in [1.165, 1.54) is 38.5 Å². The highest BCUT2D eigenvalue weighted by Gasteiger charge is 2.07. The van der Waals surface area contributed by atoms with E-state index in [-0.39, 0.29) is 11.8 Å². The van der Waals surface area contributed by atoms with E-state index in [0.717, 1.165) is 25.7 Å². The van der Waals surface area contributed by atoms with Crippen molar-refractivity contribution in [1.29, 1.82) is 0 Å². The standard InChI is InChI=1S/C22H34N4O2/c1-3-5-7-9-11-17-23-25-21(27)19-13-15-20(16-14-19)22(28)26-24-18-12-10-8-6-4-2/h13-18H,3-12H2,1-2H3,(H,25,27)(H,26,28)/b23-17+,24-18+. The lowest BCUT2D eigenvalue weighted by molar-refractivity contribution is 0.0943. The number of amides is 2. The van der Waals surface area contributed by atoms with Gasteiger partial charge >= 0.3 is 0 Å². The van der Waals surface area contributed by atoms with E-state index in [2.05, 4.69) is 34.9 Å². The molecule has 0 fully saturated rings. The third-order valence-electron chi connectivity index (χ3n) is 4.30. The monoisotopic (exact) mass is 386 g/mol. The number of rotatable bonds is 14. The predicted molar refractivity (Wildman–Crippen MR) is 116 cm³/mol. The molecule has 6 nitrogen and oxygen atoms in total. The first-order valence-corrected chi connectivity index (χ1v) is 10.4. The fraction of sp³-hybridized carbons (Fsp3) is 0.545. The predicted octanol–water partition coefficient (Wildman–Crippen LogP) is 5.06. The number of carbonyl (C=O) groups is 2. The van der Waals surface area contributed by atoms with Crippen molar-refractivity contribution in [1.82, 2.24) is 10.9 Å². The molecule has 0 saturated heterocycles. The maximum atomic E-state index is 12.0. The highest BCUT2D eigenvalue weighted by atomic mass is 16.2. The Labute approximate surface area is 168 Å². The molecule has 0 aliphatic carbocycles. The van der Waals surface area contributed by atoms with Crippen LogP contribution in [0.5, 0.6) is 0 Å². The summed E-state index contributed by atoms with van der Waals surface area (Å²) in [6.45, 7) is 4.35. The Kier molecular flexibility index (Phi) is 13.1. The maximum Gasteiger partial charge on any atom is 0.271 e. The first-order chi connectivity index (χ1) is 13.7. The Hall–Kier alpha value is -2.50. The largest absolute Gasteiger partial charge is 0.271 e. The van der Waals surface area contributed by atoms with Crippen LogP contribution in [0, 0.1) is 0 Å². The topological polar surface area (TPSA) is 82.9 Å². The van der Waals surface area contributed by atoms with Gasteiger partial charge in [0, 0.05) is 23.6 Å². The average molecular weight is 387 g/mol. The van der Waals surface area contributed by atoms with Gasteiger partial charge in [0.2, 0.25) is 0 Å². The Balaban J connectivity index is 2.33. The summed E-state index contributed by atoms with van der Waals surface area (Å²) in [7, 11) is 0. The van der Waals surface area contributed by atoms with Crippen molar-refractivity contribution < 1.29 is 9.59 Å². The van der Waals surface area contributed by atoms with Crippen LogP contribution in [0.15, 0.2) is 34.5 Å². The second kappa shape index (κ2) is 15.5. The molecule has 0 atom stereocenters. The van der Waals surface area contributed by atoms with Crippen LogP contribution in [0.3, 0.4) is 0 Å². The fourth-order valence-electron chi connectivity index (χ4n) is 2.56. The van der Waals surface area contributed by atoms with E-state index < -0.39 is 0 Å². The van der Waals surface area contributed by atoms with Crippen molar-refractivity contribution in [3.63, 3.8) is 0 Å². The molecule has 1 rings (SSSR count). The van der Waals surface area contributed by atoms with E-state index in [4.69, 9.17) is 0 Å². The molecule has 0 spiro atoms. The molecule has 0 aliphatic heterocycles. The normalized spacial score (nSPS) is 11.2. The summed E-state index contributed by atoms with van der Waals surface area (Å²) in [4.78, 5) is 24.1. The second-order valence-electron chi connectivity index (χ2n) is 6.78. The third-order valence-corrected chi connectivity index (χ3v) is 4.30. The molecule has 0 saturated carbocycles. The number of hydrogen-bond donors (Lipinski definition) is 2. The van der Waals surface area contributed by atoms with Crippen molar-refractivity contribution in [2.75, 3.05) is 0 Å². The Bertz CT molecular complexity index is 569. The number of nitrogens with zero attached hydrogens (tertiary/aromatic N) is 2. The van der Waals surface area contributed by atoms with Gasteiger partial charge in [-0.25, -0.2) is 10.9 Å². The summed E-state index contributed by atoms with van der Waals surface area (Å²) in [6.07, 6.45) is 14.6. The highest BCUT2D eigenvalue weighted by molar-refractivity contribution is 5.97. The average Bonchev–Trinajstić information content (AvgIpc) is 2.72. The minimum absolute atomic E-state index is 0.290. The van der Waals surface area contributed by atoms with Gasteiger partial charge in [0.25, 0.3) is 11.8 Å². The van der Waals surface area contributed by atoms with Gasteiger partial charge in [-0.1, -0.05) is 52.4 Å². The molecular formula is C22H34N4O2. The quantitative estimate of drug-likeness (QED) is 0.266. The van der Waals surface area contributed by atoms with Crippen LogP contribution in [0.4, 0.5) is 0 Å². The van der Waals surface area contributed by atoms with E-state index in [9.17, 15) is 9.59 Å². The van der Waals surface area contributed by atoms with Crippen LogP contribution < -0.4 is 10.9 Å². The summed E-state index contributed by atoms with van der Waals surface area (Å²) in [5.41, 5.74) is 5.93. The van der Waals surface area contributed by atoms with Gasteiger partial charge in [-0.2, -0.15) is 10.2 Å². The zero-order valence-corrected chi connectivity index (χ0v) is 17.2. The third kappa shape index (κ3) is 10.6. The number of hydrogen-bond acceptors (Lipinski definition) is 4. The Morgan fingerprint density at radius 2 is 1.11 bits per heavy atom. The summed E-state index contributed by atoms with van der Waals surface area (Å²) < 4.78 is 0. The van der Waals surface area contributed by atoms with Gasteiger partial charge in [-0.3, -0.25) is 9.59 Å². The second-order valence-corrected chi connectivity index (χ2v) is 6.78. The van der Waals surface area contributed by atoms with E-state index in [0.29, 0.717) is 11.1 Å². The van der Waals surface area contributed by atoms with Crippen molar-refractivity contribution in [3.05, 3.63) is 35.4 Å². The van der Waals surface area contributed by atoms with Gasteiger partial charge in [0.05, 0.1) is 0 Å². The number of nitrogens with one attached hydrogen (secondary N) is 2. The Morgan fingerprint density at radius 3 is 1.46 bits per heavy atom. The molecule has 1 aromatic carbocycles. The number of carbonyl (C=O) groups excluding carboxylic acids is 2. The molecule has 2 amide bonds. The SMILES string of the molecule is CCCCCC/C=N/NC(=O)c1ccc(C(=O)N/N=C/CCCCCC)cc1. The van der Waals surface area contributed by atoms with Crippen molar-refractivity contribution in [3.8, 4) is 0 Å². The van der Waals surface area contributed by atoms with Crippen molar-refractivity contribution >= 4 is 24.2 Å². The van der Waals surface area contributed by atoms with E-state index >= 15 is 0 Å². The Morgan fingerprint density at radius 1 is 0.714 bits per heavy atom. The molecule has 2 N–H and O–H groups in total. The van der Waals surface area contributed by atoms with Gasteiger partial charge in [-0.05, 0) is 49.9 Å². The lowest BCUT2D eigenvalue weighted by Gasteiger charge is -2.03. The van der Waals surface area contributed by atoms with Gasteiger partial charge < -0.3 is 0 Å². The van der Waals surface area contributed by atoms with Crippen LogP contribution in [-0.2, 0) is 0 Å². The molecule has 0 aromatic heterocycles. The van der Waals surface area contributed by atoms with Crippen LogP contribution >= 0.6 is 0 Å². The smallest absolute Gasteiger partial charge is 0.267 e. The first-order valence-electron chi connectivity index (χ1n) is 10.4. The van der Waals surface area contributed by atoms with Gasteiger partial charge in [-0.15, -0.1) is 0 Å². The number of hydrazone groups is 2. The fourth-order valence-corrected chi connectivity index (χ4v) is 2.56.